The lowest BCUT2D eigenvalue weighted by Gasteiger charge is -2.37. The molecule has 20 heavy (non-hydrogen) atoms. The van der Waals surface area contributed by atoms with Crippen molar-refractivity contribution in [3.63, 3.8) is 0 Å². The topological polar surface area (TPSA) is 55.1 Å². The van der Waals surface area contributed by atoms with E-state index in [0.29, 0.717) is 5.69 Å². The molecule has 0 saturated heterocycles. The van der Waals surface area contributed by atoms with Crippen LogP contribution in [0.15, 0.2) is 12.1 Å². The highest BCUT2D eigenvalue weighted by molar-refractivity contribution is 5.97. The lowest BCUT2D eigenvalue weighted by atomic mass is 9.68. The van der Waals surface area contributed by atoms with E-state index in [-0.39, 0.29) is 17.2 Å². The second-order valence-corrected chi connectivity index (χ2v) is 6.75. The van der Waals surface area contributed by atoms with E-state index in [9.17, 15) is 4.79 Å². The fraction of sp³-hybridized carbons (Fsp3) is 0.588. The molecule has 3 N–H and O–H groups in total. The first-order valence-electron chi connectivity index (χ1n) is 7.49. The highest BCUT2D eigenvalue weighted by atomic mass is 16.1. The molecule has 1 unspecified atom stereocenters. The van der Waals surface area contributed by atoms with Crippen molar-refractivity contribution in [2.24, 2.45) is 11.3 Å². The van der Waals surface area contributed by atoms with Gasteiger partial charge in [0.05, 0.1) is 11.4 Å². The maximum Gasteiger partial charge on any atom is 0.228 e. The van der Waals surface area contributed by atoms with Crippen molar-refractivity contribution in [2.75, 3.05) is 11.1 Å². The number of hydrogen-bond donors (Lipinski definition) is 2. The first kappa shape index (κ1) is 14.9. The van der Waals surface area contributed by atoms with Crippen molar-refractivity contribution in [3.05, 3.63) is 23.3 Å². The highest BCUT2D eigenvalue weighted by Gasteiger charge is 2.37. The van der Waals surface area contributed by atoms with Crippen LogP contribution in [0.2, 0.25) is 0 Å². The number of amides is 1. The maximum absolute atomic E-state index is 12.6. The summed E-state index contributed by atoms with van der Waals surface area (Å²) in [6, 6.07) is 3.86. The summed E-state index contributed by atoms with van der Waals surface area (Å²) in [5, 5.41) is 3.08. The summed E-state index contributed by atoms with van der Waals surface area (Å²) in [4.78, 5) is 12.6. The molecule has 1 fully saturated rings. The molecule has 0 radical (unpaired) electrons. The average Bonchev–Trinajstić information content (AvgIpc) is 2.38. The van der Waals surface area contributed by atoms with Gasteiger partial charge in [0.2, 0.25) is 5.91 Å². The molecule has 1 aliphatic carbocycles. The predicted octanol–water partition coefficient (Wildman–Crippen LogP) is 4.04. The molecule has 0 aromatic heterocycles. The number of hydrogen-bond acceptors (Lipinski definition) is 2. The van der Waals surface area contributed by atoms with Gasteiger partial charge in [-0.2, -0.15) is 0 Å². The van der Waals surface area contributed by atoms with Gasteiger partial charge in [0, 0.05) is 5.92 Å². The Morgan fingerprint density at radius 2 is 2.00 bits per heavy atom. The number of aryl methyl sites for hydroxylation is 1. The Morgan fingerprint density at radius 1 is 1.30 bits per heavy atom. The third-order valence-corrected chi connectivity index (χ3v) is 4.84. The van der Waals surface area contributed by atoms with Gasteiger partial charge in [-0.3, -0.25) is 4.79 Å². The number of nitrogens with one attached hydrogen (secondary N) is 1. The Kier molecular flexibility index (Phi) is 4.07. The second kappa shape index (κ2) is 5.47. The molecule has 1 aliphatic rings. The van der Waals surface area contributed by atoms with Gasteiger partial charge in [-0.05, 0) is 49.3 Å². The Morgan fingerprint density at radius 3 is 2.65 bits per heavy atom. The fourth-order valence-corrected chi connectivity index (χ4v) is 3.19. The van der Waals surface area contributed by atoms with Crippen LogP contribution in [0.5, 0.6) is 0 Å². The Hall–Kier alpha value is -1.51. The minimum absolute atomic E-state index is 0.0782. The van der Waals surface area contributed by atoms with Gasteiger partial charge in [0.25, 0.3) is 0 Å². The second-order valence-electron chi connectivity index (χ2n) is 6.75. The number of rotatable bonds is 2. The van der Waals surface area contributed by atoms with E-state index in [1.807, 2.05) is 26.0 Å². The maximum atomic E-state index is 12.6. The smallest absolute Gasteiger partial charge is 0.228 e. The Bertz CT molecular complexity index is 520. The summed E-state index contributed by atoms with van der Waals surface area (Å²) in [6.45, 7) is 8.44. The number of anilines is 2. The van der Waals surface area contributed by atoms with Crippen molar-refractivity contribution in [1.82, 2.24) is 0 Å². The molecule has 0 spiro atoms. The normalized spacial score (nSPS) is 21.5. The van der Waals surface area contributed by atoms with Crippen LogP contribution in [0.1, 0.15) is 50.7 Å². The van der Waals surface area contributed by atoms with Crippen LogP contribution in [-0.4, -0.2) is 5.91 Å². The molecule has 3 heteroatoms. The molecule has 2 rings (SSSR count). The van der Waals surface area contributed by atoms with Gasteiger partial charge in [-0.25, -0.2) is 0 Å². The van der Waals surface area contributed by atoms with Crippen LogP contribution in [-0.2, 0) is 4.79 Å². The molecule has 0 bridgehead atoms. The van der Waals surface area contributed by atoms with E-state index in [4.69, 9.17) is 5.73 Å². The van der Waals surface area contributed by atoms with Gasteiger partial charge in [0.1, 0.15) is 0 Å². The number of benzene rings is 1. The summed E-state index contributed by atoms with van der Waals surface area (Å²) in [5.74, 6) is 0.200. The lowest BCUT2D eigenvalue weighted by molar-refractivity contribution is -0.124. The van der Waals surface area contributed by atoms with Gasteiger partial charge in [-0.1, -0.05) is 32.8 Å². The number of carbonyl (C=O) groups excluding carboxylic acids is 1. The molecule has 1 saturated carbocycles. The minimum Gasteiger partial charge on any atom is -0.397 e. The van der Waals surface area contributed by atoms with Crippen molar-refractivity contribution in [3.8, 4) is 0 Å². The third-order valence-electron chi connectivity index (χ3n) is 4.84. The largest absolute Gasteiger partial charge is 0.397 e. The SMILES string of the molecule is Cc1ccc(N)c(NC(=O)C2CCCCC2(C)C)c1C. The lowest BCUT2D eigenvalue weighted by Crippen LogP contribution is -2.37. The van der Waals surface area contributed by atoms with Crippen LogP contribution in [0.25, 0.3) is 0 Å². The first-order chi connectivity index (χ1) is 9.33. The molecule has 1 aromatic carbocycles. The minimum atomic E-state index is 0.0782. The van der Waals surface area contributed by atoms with Gasteiger partial charge in [-0.15, -0.1) is 0 Å². The van der Waals surface area contributed by atoms with E-state index in [1.54, 1.807) is 0 Å². The van der Waals surface area contributed by atoms with E-state index >= 15 is 0 Å². The van der Waals surface area contributed by atoms with Crippen LogP contribution >= 0.6 is 0 Å². The Balaban J connectivity index is 2.22. The molecule has 0 heterocycles. The molecule has 0 aliphatic heterocycles. The van der Waals surface area contributed by atoms with Crippen LogP contribution in [0.3, 0.4) is 0 Å². The first-order valence-corrected chi connectivity index (χ1v) is 7.49. The molecule has 3 nitrogen and oxygen atoms in total. The summed E-state index contributed by atoms with van der Waals surface area (Å²) in [5.41, 5.74) is 9.75. The zero-order chi connectivity index (χ0) is 14.9. The summed E-state index contributed by atoms with van der Waals surface area (Å²) >= 11 is 0. The van der Waals surface area contributed by atoms with E-state index in [0.717, 1.165) is 36.1 Å². The van der Waals surface area contributed by atoms with Crippen molar-refractivity contribution in [2.45, 2.75) is 53.4 Å². The number of nitrogens with two attached hydrogens (primary N) is 1. The van der Waals surface area contributed by atoms with Crippen LogP contribution in [0, 0.1) is 25.2 Å². The van der Waals surface area contributed by atoms with Crippen molar-refractivity contribution in [1.29, 1.82) is 0 Å². The monoisotopic (exact) mass is 274 g/mol. The molecule has 1 amide bonds. The standard InChI is InChI=1S/C17H26N2O/c1-11-8-9-14(18)15(12(11)2)19-16(20)13-7-5-6-10-17(13,3)4/h8-9,13H,5-7,10,18H2,1-4H3,(H,19,20). The van der Waals surface area contributed by atoms with E-state index < -0.39 is 0 Å². The molecular weight excluding hydrogens is 248 g/mol. The molecule has 1 aromatic rings. The van der Waals surface area contributed by atoms with E-state index in [1.165, 1.54) is 6.42 Å². The zero-order valence-electron chi connectivity index (χ0n) is 13.0. The van der Waals surface area contributed by atoms with Crippen molar-refractivity contribution >= 4 is 17.3 Å². The highest BCUT2D eigenvalue weighted by Crippen LogP contribution is 2.41. The van der Waals surface area contributed by atoms with Gasteiger partial charge in [0.15, 0.2) is 0 Å². The summed E-state index contributed by atoms with van der Waals surface area (Å²) in [6.07, 6.45) is 4.46. The average molecular weight is 274 g/mol. The fourth-order valence-electron chi connectivity index (χ4n) is 3.19. The van der Waals surface area contributed by atoms with Crippen LogP contribution < -0.4 is 11.1 Å². The number of nitrogen functional groups attached to an aromatic ring is 1. The summed E-state index contributed by atoms with van der Waals surface area (Å²) in [7, 11) is 0. The zero-order valence-corrected chi connectivity index (χ0v) is 13.0. The quantitative estimate of drug-likeness (QED) is 0.800. The van der Waals surface area contributed by atoms with Gasteiger partial charge >= 0.3 is 0 Å². The molecule has 1 atom stereocenters. The molecular formula is C17H26N2O. The van der Waals surface area contributed by atoms with Crippen LogP contribution in [0.4, 0.5) is 11.4 Å². The number of carbonyl (C=O) groups is 1. The van der Waals surface area contributed by atoms with Crippen molar-refractivity contribution < 1.29 is 4.79 Å². The Labute approximate surface area is 121 Å². The van der Waals surface area contributed by atoms with E-state index in [2.05, 4.69) is 19.2 Å². The van der Waals surface area contributed by atoms with Gasteiger partial charge < -0.3 is 11.1 Å². The third kappa shape index (κ3) is 2.82. The molecule has 110 valence electrons. The predicted molar refractivity (Wildman–Crippen MR) is 84.7 cm³/mol. The summed E-state index contributed by atoms with van der Waals surface area (Å²) < 4.78 is 0.